The first-order valence-electron chi connectivity index (χ1n) is 8.24. The van der Waals surface area contributed by atoms with E-state index in [0.717, 1.165) is 29.2 Å². The van der Waals surface area contributed by atoms with Crippen molar-refractivity contribution in [1.29, 1.82) is 0 Å². The van der Waals surface area contributed by atoms with E-state index in [4.69, 9.17) is 0 Å². The van der Waals surface area contributed by atoms with Gasteiger partial charge in [0.2, 0.25) is 16.0 Å². The van der Waals surface area contributed by atoms with Gasteiger partial charge in [0.25, 0.3) is 0 Å². The Morgan fingerprint density at radius 1 is 1.04 bits per heavy atom. The summed E-state index contributed by atoms with van der Waals surface area (Å²) in [7, 11) is -3.37. The number of benzene rings is 1. The maximum atomic E-state index is 12.1. The lowest BCUT2D eigenvalue weighted by Gasteiger charge is -2.10. The summed E-state index contributed by atoms with van der Waals surface area (Å²) in [5, 5.41) is 6.17. The smallest absolute Gasteiger partial charge is 0.224 e. The fraction of sp³-hybridized carbons (Fsp3) is 0.412. The molecule has 3 N–H and O–H groups in total. The van der Waals surface area contributed by atoms with Crippen LogP contribution in [-0.2, 0) is 15.8 Å². The summed E-state index contributed by atoms with van der Waals surface area (Å²) >= 11 is 0. The molecule has 136 valence electrons. The van der Waals surface area contributed by atoms with Crippen LogP contribution in [0.3, 0.4) is 0 Å². The average Bonchev–Trinajstić information content (AvgIpc) is 2.51. The summed E-state index contributed by atoms with van der Waals surface area (Å²) in [5.41, 5.74) is 2.66. The lowest BCUT2D eigenvalue weighted by molar-refractivity contribution is 0.582. The van der Waals surface area contributed by atoms with E-state index in [-0.39, 0.29) is 12.3 Å². The first-order valence-corrected chi connectivity index (χ1v) is 9.89. The molecule has 0 aliphatic rings. The molecule has 0 saturated heterocycles. The predicted molar refractivity (Wildman–Crippen MR) is 101 cm³/mol. The third kappa shape index (κ3) is 6.67. The van der Waals surface area contributed by atoms with Crippen molar-refractivity contribution in [2.24, 2.45) is 0 Å². The second-order valence-electron chi connectivity index (χ2n) is 5.82. The van der Waals surface area contributed by atoms with Crippen LogP contribution in [0.2, 0.25) is 0 Å². The number of nitrogens with one attached hydrogen (secondary N) is 3. The topological polar surface area (TPSA) is 96.0 Å². The van der Waals surface area contributed by atoms with E-state index in [0.29, 0.717) is 12.5 Å². The number of hydrogen-bond donors (Lipinski definition) is 3. The number of rotatable bonds is 9. The van der Waals surface area contributed by atoms with Gasteiger partial charge in [-0.15, -0.1) is 0 Å². The van der Waals surface area contributed by atoms with Crippen LogP contribution in [0.5, 0.6) is 0 Å². The summed E-state index contributed by atoms with van der Waals surface area (Å²) in [5.74, 6) is 1.20. The minimum absolute atomic E-state index is 0.0276. The van der Waals surface area contributed by atoms with Gasteiger partial charge in [-0.2, -0.15) is 4.98 Å². The maximum Gasteiger partial charge on any atom is 0.224 e. The first-order chi connectivity index (χ1) is 11.9. The normalized spacial score (nSPS) is 11.3. The van der Waals surface area contributed by atoms with Gasteiger partial charge < -0.3 is 10.6 Å². The highest BCUT2D eigenvalue weighted by molar-refractivity contribution is 7.88. The summed E-state index contributed by atoms with van der Waals surface area (Å²) in [6.07, 6.45) is 0. The number of anilines is 2. The van der Waals surface area contributed by atoms with Gasteiger partial charge in [-0.1, -0.05) is 29.8 Å². The molecule has 0 amide bonds. The van der Waals surface area contributed by atoms with Gasteiger partial charge in [0.15, 0.2) is 0 Å². The first kappa shape index (κ1) is 19.1. The molecule has 0 aliphatic carbocycles. The zero-order valence-corrected chi connectivity index (χ0v) is 15.7. The highest BCUT2D eigenvalue weighted by Crippen LogP contribution is 2.09. The van der Waals surface area contributed by atoms with Crippen LogP contribution < -0.4 is 15.4 Å². The molecule has 0 aliphatic heterocycles. The number of sulfonamides is 1. The van der Waals surface area contributed by atoms with Crippen LogP contribution in [0.15, 0.2) is 30.3 Å². The van der Waals surface area contributed by atoms with E-state index in [1.165, 1.54) is 0 Å². The third-order valence-electron chi connectivity index (χ3n) is 3.38. The predicted octanol–water partition coefficient (Wildman–Crippen LogP) is 2.06. The van der Waals surface area contributed by atoms with Gasteiger partial charge in [0, 0.05) is 31.4 Å². The van der Waals surface area contributed by atoms with Crippen LogP contribution in [0.1, 0.15) is 23.7 Å². The van der Waals surface area contributed by atoms with Crippen molar-refractivity contribution >= 4 is 21.8 Å². The van der Waals surface area contributed by atoms with Crippen LogP contribution >= 0.6 is 0 Å². The molecule has 0 fully saturated rings. The fourth-order valence-electron chi connectivity index (χ4n) is 2.37. The van der Waals surface area contributed by atoms with Crippen LogP contribution in [-0.4, -0.2) is 38.0 Å². The molecule has 0 radical (unpaired) electrons. The quantitative estimate of drug-likeness (QED) is 0.590. The number of hydrogen-bond acceptors (Lipinski definition) is 6. The van der Waals surface area contributed by atoms with Crippen molar-refractivity contribution in [2.45, 2.75) is 26.5 Å². The Morgan fingerprint density at radius 3 is 2.56 bits per heavy atom. The van der Waals surface area contributed by atoms with Crippen LogP contribution in [0, 0.1) is 13.8 Å². The zero-order chi connectivity index (χ0) is 18.3. The van der Waals surface area contributed by atoms with Gasteiger partial charge in [-0.25, -0.2) is 18.1 Å². The standard InChI is InChI=1S/C17H25N5O2S/c1-4-18-16-11-14(3)21-17(22-16)19-8-9-20-25(23,24)12-15-7-5-6-13(2)10-15/h5-7,10-11,20H,4,8-9,12H2,1-3H3,(H2,18,19,21,22). The van der Waals surface area contributed by atoms with Gasteiger partial charge in [0.05, 0.1) is 5.75 Å². The molecule has 0 unspecified atom stereocenters. The Balaban J connectivity index is 1.84. The molecule has 7 nitrogen and oxygen atoms in total. The van der Waals surface area contributed by atoms with Gasteiger partial charge in [0.1, 0.15) is 5.82 Å². The molecular formula is C17H25N5O2S. The number of aromatic nitrogens is 2. The second kappa shape index (κ2) is 8.77. The lowest BCUT2D eigenvalue weighted by atomic mass is 10.2. The van der Waals surface area contributed by atoms with E-state index >= 15 is 0 Å². The van der Waals surface area contributed by atoms with E-state index in [1.54, 1.807) is 0 Å². The largest absolute Gasteiger partial charge is 0.370 e. The molecule has 1 aromatic carbocycles. The van der Waals surface area contributed by atoms with E-state index in [9.17, 15) is 8.42 Å². The Bertz CT molecular complexity index is 808. The molecular weight excluding hydrogens is 338 g/mol. The van der Waals surface area contributed by atoms with Gasteiger partial charge in [-0.3, -0.25) is 0 Å². The Morgan fingerprint density at radius 2 is 1.84 bits per heavy atom. The molecule has 0 spiro atoms. The summed E-state index contributed by atoms with van der Waals surface area (Å²) < 4.78 is 26.9. The molecule has 0 bridgehead atoms. The van der Waals surface area contributed by atoms with Crippen molar-refractivity contribution in [1.82, 2.24) is 14.7 Å². The zero-order valence-electron chi connectivity index (χ0n) is 14.8. The highest BCUT2D eigenvalue weighted by Gasteiger charge is 2.11. The van der Waals surface area contributed by atoms with E-state index < -0.39 is 10.0 Å². The second-order valence-corrected chi connectivity index (χ2v) is 7.62. The molecule has 1 heterocycles. The van der Waals surface area contributed by atoms with Crippen LogP contribution in [0.25, 0.3) is 0 Å². The molecule has 1 aromatic heterocycles. The molecule has 2 aromatic rings. The number of aryl methyl sites for hydroxylation is 2. The minimum atomic E-state index is -3.37. The minimum Gasteiger partial charge on any atom is -0.370 e. The maximum absolute atomic E-state index is 12.1. The molecule has 8 heteroatoms. The van der Waals surface area contributed by atoms with Crippen LogP contribution in [0.4, 0.5) is 11.8 Å². The fourth-order valence-corrected chi connectivity index (χ4v) is 3.51. The Labute approximate surface area is 149 Å². The summed E-state index contributed by atoms with van der Waals surface area (Å²) in [4.78, 5) is 8.61. The van der Waals surface area contributed by atoms with E-state index in [1.807, 2.05) is 51.1 Å². The van der Waals surface area contributed by atoms with Gasteiger partial charge in [-0.05, 0) is 26.3 Å². The van der Waals surface area contributed by atoms with E-state index in [2.05, 4.69) is 25.3 Å². The summed E-state index contributed by atoms with van der Waals surface area (Å²) in [6.45, 7) is 7.27. The van der Waals surface area contributed by atoms with Gasteiger partial charge >= 0.3 is 0 Å². The SMILES string of the molecule is CCNc1cc(C)nc(NCCNS(=O)(=O)Cc2cccc(C)c2)n1. The van der Waals surface area contributed by atoms with Crippen molar-refractivity contribution in [3.8, 4) is 0 Å². The lowest BCUT2D eigenvalue weighted by Crippen LogP contribution is -2.30. The van der Waals surface area contributed by atoms with Crippen molar-refractivity contribution in [2.75, 3.05) is 30.3 Å². The highest BCUT2D eigenvalue weighted by atomic mass is 32.2. The molecule has 0 saturated carbocycles. The summed E-state index contributed by atoms with van der Waals surface area (Å²) in [6, 6.07) is 9.35. The number of nitrogens with zero attached hydrogens (tertiary/aromatic N) is 2. The van der Waals surface area contributed by atoms with Crippen molar-refractivity contribution in [3.05, 3.63) is 47.2 Å². The Hall–Kier alpha value is -2.19. The third-order valence-corrected chi connectivity index (χ3v) is 4.74. The molecule has 2 rings (SSSR count). The molecule has 0 atom stereocenters. The van der Waals surface area contributed by atoms with Crippen molar-refractivity contribution < 1.29 is 8.42 Å². The van der Waals surface area contributed by atoms with Crippen molar-refractivity contribution in [3.63, 3.8) is 0 Å². The monoisotopic (exact) mass is 363 g/mol. The average molecular weight is 363 g/mol. The molecule has 25 heavy (non-hydrogen) atoms. The Kier molecular flexibility index (Phi) is 6.72.